The normalized spacial score (nSPS) is 19.0. The molecule has 0 spiro atoms. The fraction of sp³-hybridized carbons (Fsp3) is 0.364. The summed E-state index contributed by atoms with van der Waals surface area (Å²) >= 11 is 0. The largest absolute Gasteiger partial charge is 0.494 e. The van der Waals surface area contributed by atoms with Gasteiger partial charge in [0.1, 0.15) is 11.8 Å². The molecule has 0 bridgehead atoms. The Hall–Kier alpha value is -2.70. The molecular weight excluding hydrogens is 352 g/mol. The van der Waals surface area contributed by atoms with E-state index in [-0.39, 0.29) is 18.0 Å². The molecule has 6 nitrogen and oxygen atoms in total. The molecule has 2 aromatic rings. The molecule has 2 aromatic carbocycles. The van der Waals surface area contributed by atoms with Crippen LogP contribution in [0.3, 0.4) is 0 Å². The van der Waals surface area contributed by atoms with Crippen LogP contribution in [-0.2, 0) is 4.79 Å². The van der Waals surface area contributed by atoms with Crippen LogP contribution in [0.2, 0.25) is 0 Å². The zero-order valence-corrected chi connectivity index (χ0v) is 16.2. The minimum absolute atomic E-state index is 0.116. The quantitative estimate of drug-likeness (QED) is 0.354. The molecule has 1 aliphatic rings. The van der Waals surface area contributed by atoms with Crippen molar-refractivity contribution in [2.75, 3.05) is 6.61 Å². The lowest BCUT2D eigenvalue weighted by Gasteiger charge is -2.08. The minimum atomic E-state index is -0.318. The van der Waals surface area contributed by atoms with Crippen LogP contribution in [0.4, 0.5) is 0 Å². The number of amides is 1. The highest BCUT2D eigenvalue weighted by molar-refractivity contribution is 5.85. The average Bonchev–Trinajstić information content (AvgIpc) is 3.23. The zero-order chi connectivity index (χ0) is 19.6. The number of hydrogen-bond donors (Lipinski definition) is 3. The highest BCUT2D eigenvalue weighted by Gasteiger charge is 2.29. The Labute approximate surface area is 166 Å². The minimum Gasteiger partial charge on any atom is -0.494 e. The van der Waals surface area contributed by atoms with E-state index in [1.165, 1.54) is 12.8 Å². The lowest BCUT2D eigenvalue weighted by Crippen LogP contribution is -2.41. The van der Waals surface area contributed by atoms with Crippen molar-refractivity contribution in [3.8, 4) is 5.75 Å². The summed E-state index contributed by atoms with van der Waals surface area (Å²) in [5, 5.41) is 4.07. The highest BCUT2D eigenvalue weighted by atomic mass is 16.5. The maximum absolute atomic E-state index is 12.3. The lowest BCUT2D eigenvalue weighted by molar-refractivity contribution is -0.122. The number of nitrogens with zero attached hydrogens (tertiary/aromatic N) is 1. The predicted molar refractivity (Wildman–Crippen MR) is 111 cm³/mol. The number of carbonyl (C=O) groups is 1. The van der Waals surface area contributed by atoms with Crippen LogP contribution in [0, 0.1) is 0 Å². The molecule has 28 heavy (non-hydrogen) atoms. The summed E-state index contributed by atoms with van der Waals surface area (Å²) in [6.07, 6.45) is 5.75. The summed E-state index contributed by atoms with van der Waals surface area (Å²) in [6.45, 7) is 2.91. The molecule has 0 saturated carbocycles. The van der Waals surface area contributed by atoms with Crippen molar-refractivity contribution in [1.82, 2.24) is 16.3 Å². The summed E-state index contributed by atoms with van der Waals surface area (Å²) in [7, 11) is 0. The Balaban J connectivity index is 1.42. The summed E-state index contributed by atoms with van der Waals surface area (Å²) in [5.41, 5.74) is 10.9. The molecule has 1 saturated heterocycles. The lowest BCUT2D eigenvalue weighted by atomic mass is 10.0. The van der Waals surface area contributed by atoms with E-state index in [4.69, 9.17) is 4.74 Å². The average molecular weight is 380 g/mol. The van der Waals surface area contributed by atoms with Gasteiger partial charge in [0.25, 0.3) is 5.91 Å². The Morgan fingerprint density at radius 3 is 2.68 bits per heavy atom. The van der Waals surface area contributed by atoms with Crippen LogP contribution in [0.15, 0.2) is 59.7 Å². The second kappa shape index (κ2) is 10.6. The monoisotopic (exact) mass is 380 g/mol. The SMILES string of the molecule is CCCCCOc1ccc(/C=N/NC(=O)C2CC(c3ccccc3)NN2)cc1. The van der Waals surface area contributed by atoms with Gasteiger partial charge in [0.05, 0.1) is 12.8 Å². The van der Waals surface area contributed by atoms with Gasteiger partial charge in [0, 0.05) is 6.04 Å². The van der Waals surface area contributed by atoms with Gasteiger partial charge in [0.2, 0.25) is 0 Å². The van der Waals surface area contributed by atoms with Crippen molar-refractivity contribution in [3.05, 3.63) is 65.7 Å². The Morgan fingerprint density at radius 2 is 1.93 bits per heavy atom. The van der Waals surface area contributed by atoms with E-state index >= 15 is 0 Å². The number of hydrazone groups is 1. The number of carbonyl (C=O) groups excluding carboxylic acids is 1. The number of unbranched alkanes of at least 4 members (excludes halogenated alkanes) is 2. The van der Waals surface area contributed by atoms with E-state index in [0.717, 1.165) is 29.9 Å². The maximum Gasteiger partial charge on any atom is 0.258 e. The standard InChI is InChI=1S/C22H28N4O2/c1-2-3-7-14-28-19-12-10-17(11-13-19)16-23-26-22(27)21-15-20(24-25-21)18-8-5-4-6-9-18/h4-6,8-13,16,20-21,24-25H,2-3,7,14-15H2,1H3,(H,26,27)/b23-16+. The molecular formula is C22H28N4O2. The predicted octanol–water partition coefficient (Wildman–Crippen LogP) is 3.31. The Kier molecular flexibility index (Phi) is 7.58. The van der Waals surface area contributed by atoms with E-state index in [9.17, 15) is 4.79 Å². The molecule has 148 valence electrons. The summed E-state index contributed by atoms with van der Waals surface area (Å²) in [6, 6.07) is 17.6. The fourth-order valence-electron chi connectivity index (χ4n) is 3.07. The van der Waals surface area contributed by atoms with Crippen molar-refractivity contribution in [2.45, 2.75) is 44.7 Å². The third-order valence-corrected chi connectivity index (χ3v) is 4.71. The van der Waals surface area contributed by atoms with Gasteiger partial charge in [-0.2, -0.15) is 5.10 Å². The van der Waals surface area contributed by atoms with Crippen LogP contribution < -0.4 is 21.0 Å². The maximum atomic E-state index is 12.3. The smallest absolute Gasteiger partial charge is 0.258 e. The summed E-state index contributed by atoms with van der Waals surface area (Å²) in [5.74, 6) is 0.698. The molecule has 3 rings (SSSR count). The molecule has 1 fully saturated rings. The second-order valence-corrected chi connectivity index (χ2v) is 6.90. The van der Waals surface area contributed by atoms with Crippen LogP contribution >= 0.6 is 0 Å². The highest BCUT2D eigenvalue weighted by Crippen LogP contribution is 2.21. The van der Waals surface area contributed by atoms with Crippen molar-refractivity contribution in [2.24, 2.45) is 5.10 Å². The summed E-state index contributed by atoms with van der Waals surface area (Å²) in [4.78, 5) is 12.3. The third-order valence-electron chi connectivity index (χ3n) is 4.71. The molecule has 2 atom stereocenters. The van der Waals surface area contributed by atoms with Crippen molar-refractivity contribution < 1.29 is 9.53 Å². The number of nitrogens with one attached hydrogen (secondary N) is 3. The fourth-order valence-corrected chi connectivity index (χ4v) is 3.07. The van der Waals surface area contributed by atoms with Crippen molar-refractivity contribution in [1.29, 1.82) is 0 Å². The number of hydrogen-bond acceptors (Lipinski definition) is 5. The van der Waals surface area contributed by atoms with Crippen molar-refractivity contribution in [3.63, 3.8) is 0 Å². The van der Waals surface area contributed by atoms with E-state index in [2.05, 4.69) is 40.4 Å². The van der Waals surface area contributed by atoms with Gasteiger partial charge < -0.3 is 4.74 Å². The van der Waals surface area contributed by atoms with Crippen LogP contribution in [0.5, 0.6) is 5.75 Å². The molecule has 0 radical (unpaired) electrons. The second-order valence-electron chi connectivity index (χ2n) is 6.90. The number of hydrazine groups is 1. The number of benzene rings is 2. The topological polar surface area (TPSA) is 74.8 Å². The van der Waals surface area contributed by atoms with Crippen LogP contribution in [0.1, 0.15) is 49.8 Å². The van der Waals surface area contributed by atoms with Gasteiger partial charge in [-0.05, 0) is 48.2 Å². The molecule has 1 amide bonds. The van der Waals surface area contributed by atoms with Crippen LogP contribution in [-0.4, -0.2) is 24.8 Å². The van der Waals surface area contributed by atoms with Crippen molar-refractivity contribution >= 4 is 12.1 Å². The van der Waals surface area contributed by atoms with Gasteiger partial charge >= 0.3 is 0 Å². The van der Waals surface area contributed by atoms with Gasteiger partial charge in [-0.15, -0.1) is 0 Å². The number of ether oxygens (including phenoxy) is 1. The van der Waals surface area contributed by atoms with Gasteiger partial charge in [-0.1, -0.05) is 50.1 Å². The molecule has 3 N–H and O–H groups in total. The molecule has 1 heterocycles. The molecule has 1 aliphatic heterocycles. The van der Waals surface area contributed by atoms with E-state index < -0.39 is 0 Å². The Morgan fingerprint density at radius 1 is 1.14 bits per heavy atom. The molecule has 0 aliphatic carbocycles. The van der Waals surface area contributed by atoms with Gasteiger partial charge in [-0.25, -0.2) is 16.3 Å². The van der Waals surface area contributed by atoms with Crippen LogP contribution in [0.25, 0.3) is 0 Å². The molecule has 0 aromatic heterocycles. The first-order valence-corrected chi connectivity index (χ1v) is 9.88. The zero-order valence-electron chi connectivity index (χ0n) is 16.2. The Bertz CT molecular complexity index is 762. The van der Waals surface area contributed by atoms with Gasteiger partial charge in [-0.3, -0.25) is 4.79 Å². The van der Waals surface area contributed by atoms with Gasteiger partial charge in [0.15, 0.2) is 0 Å². The first-order valence-electron chi connectivity index (χ1n) is 9.88. The molecule has 2 unspecified atom stereocenters. The van der Waals surface area contributed by atoms with E-state index in [1.54, 1.807) is 6.21 Å². The third kappa shape index (κ3) is 5.90. The van der Waals surface area contributed by atoms with E-state index in [1.807, 2.05) is 42.5 Å². The summed E-state index contributed by atoms with van der Waals surface area (Å²) < 4.78 is 5.69. The molecule has 6 heteroatoms. The number of rotatable bonds is 9. The van der Waals surface area contributed by atoms with E-state index in [0.29, 0.717) is 6.42 Å². The first-order chi connectivity index (χ1) is 13.8. The first kappa shape index (κ1) is 20.0.